The van der Waals surface area contributed by atoms with Crippen molar-refractivity contribution in [2.45, 2.75) is 58.5 Å². The number of hydrogen-bond acceptors (Lipinski definition) is 5. The highest BCUT2D eigenvalue weighted by Gasteiger charge is 2.34. The van der Waals surface area contributed by atoms with Gasteiger partial charge in [-0.25, -0.2) is 4.98 Å². The highest BCUT2D eigenvalue weighted by atomic mass is 32.1. The Labute approximate surface area is 190 Å². The van der Waals surface area contributed by atoms with Gasteiger partial charge in [-0.05, 0) is 43.7 Å². The molecule has 0 radical (unpaired) electrons. The second-order valence-electron chi connectivity index (χ2n) is 7.62. The number of aryl methyl sites for hydroxylation is 1. The number of halogens is 3. The number of anilines is 2. The van der Waals surface area contributed by atoms with E-state index in [1.165, 1.54) is 23.8 Å². The zero-order valence-electron chi connectivity index (χ0n) is 18.3. The first-order valence-corrected chi connectivity index (χ1v) is 11.7. The van der Waals surface area contributed by atoms with Crippen LogP contribution in [0.4, 0.5) is 24.0 Å². The maximum absolute atomic E-state index is 13.6. The Hall–Kier alpha value is -2.61. The molecule has 1 N–H and O–H groups in total. The van der Waals surface area contributed by atoms with E-state index in [2.05, 4.69) is 22.2 Å². The number of nitrogens with zero attached hydrogens (tertiary/aromatic N) is 2. The molecule has 0 atom stereocenters. The molecule has 0 amide bonds. The average molecular weight is 464 g/mol. The van der Waals surface area contributed by atoms with Gasteiger partial charge >= 0.3 is 6.18 Å². The van der Waals surface area contributed by atoms with E-state index in [4.69, 9.17) is 4.74 Å². The smallest absolute Gasteiger partial charge is 0.420 e. The number of unbranched alkanes of at least 4 members (excludes halogenated alkanes) is 5. The molecule has 0 bridgehead atoms. The van der Waals surface area contributed by atoms with Gasteiger partial charge < -0.3 is 10.1 Å². The van der Waals surface area contributed by atoms with Crippen LogP contribution in [0.1, 0.15) is 55.9 Å². The summed E-state index contributed by atoms with van der Waals surface area (Å²) in [7, 11) is 0. The molecular formula is C24H28F3N3OS. The summed E-state index contributed by atoms with van der Waals surface area (Å²) < 4.78 is 46.4. The molecule has 0 saturated heterocycles. The number of nitrogens with one attached hydrogen (secondary N) is 1. The van der Waals surface area contributed by atoms with Gasteiger partial charge in [-0.2, -0.15) is 13.2 Å². The van der Waals surface area contributed by atoms with Gasteiger partial charge in [-0.1, -0.05) is 39.0 Å². The Morgan fingerprint density at radius 2 is 1.84 bits per heavy atom. The summed E-state index contributed by atoms with van der Waals surface area (Å²) in [5, 5.41) is 3.53. The van der Waals surface area contributed by atoms with Crippen molar-refractivity contribution in [2.24, 2.45) is 0 Å². The fraction of sp³-hybridized carbons (Fsp3) is 0.417. The molecule has 4 nitrogen and oxygen atoms in total. The van der Waals surface area contributed by atoms with Gasteiger partial charge in [-0.3, -0.25) is 4.98 Å². The molecule has 1 aromatic carbocycles. The first-order valence-electron chi connectivity index (χ1n) is 10.9. The third-order valence-electron chi connectivity index (χ3n) is 5.02. The van der Waals surface area contributed by atoms with Crippen molar-refractivity contribution in [3.63, 3.8) is 0 Å². The molecule has 0 aliphatic rings. The fourth-order valence-corrected chi connectivity index (χ4v) is 4.22. The van der Waals surface area contributed by atoms with E-state index in [0.29, 0.717) is 10.8 Å². The molecule has 8 heteroatoms. The molecule has 0 unspecified atom stereocenters. The Kier molecular flexibility index (Phi) is 8.50. The summed E-state index contributed by atoms with van der Waals surface area (Å²) in [6.45, 7) is 4.35. The van der Waals surface area contributed by atoms with Crippen molar-refractivity contribution in [3.8, 4) is 17.0 Å². The van der Waals surface area contributed by atoms with Crippen molar-refractivity contribution < 1.29 is 17.9 Å². The minimum absolute atomic E-state index is 0.136. The second-order valence-corrected chi connectivity index (χ2v) is 8.82. The molecule has 0 spiro atoms. The molecular weight excluding hydrogens is 435 g/mol. The lowest BCUT2D eigenvalue weighted by molar-refractivity contribution is -0.138. The van der Waals surface area contributed by atoms with Gasteiger partial charge in [0.2, 0.25) is 0 Å². The Morgan fingerprint density at radius 3 is 2.56 bits per heavy atom. The first-order chi connectivity index (χ1) is 15.4. The van der Waals surface area contributed by atoms with E-state index >= 15 is 0 Å². The number of hydrogen-bond donors (Lipinski definition) is 1. The minimum atomic E-state index is -4.51. The van der Waals surface area contributed by atoms with Crippen molar-refractivity contribution >= 4 is 22.2 Å². The monoisotopic (exact) mass is 463 g/mol. The quantitative estimate of drug-likeness (QED) is 0.293. The van der Waals surface area contributed by atoms with E-state index in [1.54, 1.807) is 18.5 Å². The number of pyridine rings is 1. The van der Waals surface area contributed by atoms with Gasteiger partial charge in [0.15, 0.2) is 5.13 Å². The summed E-state index contributed by atoms with van der Waals surface area (Å²) in [6.07, 6.45) is 5.19. The zero-order valence-corrected chi connectivity index (χ0v) is 19.2. The number of aromatic nitrogens is 2. The van der Waals surface area contributed by atoms with E-state index < -0.39 is 11.7 Å². The standard InChI is InChI=1S/C24H28F3N3OS/c1-3-4-5-6-7-8-14-31-21-12-11-19(15-20(21)24(25,26)27)29-23-30-22(17(2)32-23)18-10-9-13-28-16-18/h9-13,15-16H,3-8,14H2,1-2H3,(H,29,30). The molecule has 2 aromatic heterocycles. The minimum Gasteiger partial charge on any atom is -0.493 e. The maximum atomic E-state index is 13.6. The fourth-order valence-electron chi connectivity index (χ4n) is 3.36. The molecule has 0 aliphatic heterocycles. The third-order valence-corrected chi connectivity index (χ3v) is 5.91. The SMILES string of the molecule is CCCCCCCCOc1ccc(Nc2nc(-c3cccnc3)c(C)s2)cc1C(F)(F)F. The largest absolute Gasteiger partial charge is 0.493 e. The van der Waals surface area contributed by atoms with Crippen LogP contribution in [0.25, 0.3) is 11.3 Å². The zero-order chi connectivity index (χ0) is 23.0. The van der Waals surface area contributed by atoms with Crippen LogP contribution in [-0.2, 0) is 6.18 Å². The van der Waals surface area contributed by atoms with Crippen molar-refractivity contribution in [1.29, 1.82) is 0 Å². The average Bonchev–Trinajstić information content (AvgIpc) is 3.13. The van der Waals surface area contributed by atoms with Crippen molar-refractivity contribution in [2.75, 3.05) is 11.9 Å². The lowest BCUT2D eigenvalue weighted by atomic mass is 10.1. The van der Waals surface area contributed by atoms with Gasteiger partial charge in [-0.15, -0.1) is 11.3 Å². The van der Waals surface area contributed by atoms with Gasteiger partial charge in [0.05, 0.1) is 17.9 Å². The van der Waals surface area contributed by atoms with Gasteiger partial charge in [0.25, 0.3) is 0 Å². The van der Waals surface area contributed by atoms with Crippen molar-refractivity contribution in [1.82, 2.24) is 9.97 Å². The maximum Gasteiger partial charge on any atom is 0.420 e. The number of ether oxygens (including phenoxy) is 1. The molecule has 3 aromatic rings. The van der Waals surface area contributed by atoms with Gasteiger partial charge in [0, 0.05) is 28.5 Å². The summed E-state index contributed by atoms with van der Waals surface area (Å²) in [5.41, 5.74) is 1.16. The predicted octanol–water partition coefficient (Wildman–Crippen LogP) is 8.02. The first kappa shape index (κ1) is 24.0. The van der Waals surface area contributed by atoms with E-state index in [0.717, 1.165) is 54.3 Å². The van der Waals surface area contributed by atoms with Crippen LogP contribution in [-0.4, -0.2) is 16.6 Å². The molecule has 0 fully saturated rings. The van der Waals surface area contributed by atoms with Crippen molar-refractivity contribution in [3.05, 3.63) is 53.2 Å². The molecule has 0 saturated carbocycles. The number of thiazole rings is 1. The van der Waals surface area contributed by atoms with Crippen LogP contribution in [0.2, 0.25) is 0 Å². The summed E-state index contributed by atoms with van der Waals surface area (Å²) >= 11 is 1.38. The van der Waals surface area contributed by atoms with Crippen LogP contribution >= 0.6 is 11.3 Å². The van der Waals surface area contributed by atoms with Crippen LogP contribution in [0.15, 0.2) is 42.7 Å². The Balaban J connectivity index is 1.68. The topological polar surface area (TPSA) is 47.0 Å². The van der Waals surface area contributed by atoms with Crippen LogP contribution in [0.3, 0.4) is 0 Å². The third kappa shape index (κ3) is 6.69. The molecule has 0 aliphatic carbocycles. The molecule has 172 valence electrons. The highest BCUT2D eigenvalue weighted by Crippen LogP contribution is 2.39. The summed E-state index contributed by atoms with van der Waals surface area (Å²) in [4.78, 5) is 9.59. The lowest BCUT2D eigenvalue weighted by Gasteiger charge is -2.15. The lowest BCUT2D eigenvalue weighted by Crippen LogP contribution is -2.10. The van der Waals surface area contributed by atoms with Gasteiger partial charge in [0.1, 0.15) is 5.75 Å². The molecule has 32 heavy (non-hydrogen) atoms. The number of benzene rings is 1. The normalized spacial score (nSPS) is 11.5. The highest BCUT2D eigenvalue weighted by molar-refractivity contribution is 7.16. The number of alkyl halides is 3. The van der Waals surface area contributed by atoms with Crippen LogP contribution in [0, 0.1) is 6.92 Å². The molecule has 2 heterocycles. The molecule has 3 rings (SSSR count). The predicted molar refractivity (Wildman–Crippen MR) is 124 cm³/mol. The summed E-state index contributed by atoms with van der Waals surface area (Å²) in [5.74, 6) is -0.136. The van der Waals surface area contributed by atoms with E-state index in [1.807, 2.05) is 19.1 Å². The summed E-state index contributed by atoms with van der Waals surface area (Å²) in [6, 6.07) is 7.77. The van der Waals surface area contributed by atoms with E-state index in [9.17, 15) is 13.2 Å². The van der Waals surface area contributed by atoms with E-state index in [-0.39, 0.29) is 12.4 Å². The van der Waals surface area contributed by atoms with Crippen LogP contribution in [0.5, 0.6) is 5.75 Å². The Morgan fingerprint density at radius 1 is 1.06 bits per heavy atom. The number of rotatable bonds is 11. The second kappa shape index (κ2) is 11.3. The Bertz CT molecular complexity index is 990. The van der Waals surface area contributed by atoms with Crippen LogP contribution < -0.4 is 10.1 Å².